The zero-order valence-corrected chi connectivity index (χ0v) is 16.7. The van der Waals surface area contributed by atoms with Crippen LogP contribution < -0.4 is 4.90 Å². The molecular weight excluding hydrogens is 398 g/mol. The Balaban J connectivity index is 1.60. The number of halogens is 1. The van der Waals surface area contributed by atoms with Crippen LogP contribution in [0.5, 0.6) is 0 Å². The Bertz CT molecular complexity index is 714. The second-order valence-corrected chi connectivity index (χ2v) is 8.11. The maximum atomic E-state index is 12.8. The molecule has 0 unspecified atom stereocenters. The van der Waals surface area contributed by atoms with Crippen LogP contribution in [0.1, 0.15) is 20.3 Å². The van der Waals surface area contributed by atoms with E-state index in [1.807, 2.05) is 43.0 Å². The fourth-order valence-electron chi connectivity index (χ4n) is 3.54. The van der Waals surface area contributed by atoms with Crippen LogP contribution in [0.15, 0.2) is 28.7 Å². The van der Waals surface area contributed by atoms with Gasteiger partial charge in [-0.25, -0.2) is 0 Å². The normalized spacial score (nSPS) is 20.8. The van der Waals surface area contributed by atoms with Gasteiger partial charge >= 0.3 is 0 Å². The van der Waals surface area contributed by atoms with Crippen molar-refractivity contribution in [1.82, 2.24) is 9.80 Å². The minimum absolute atomic E-state index is 0.0185. The predicted molar refractivity (Wildman–Crippen MR) is 103 cm³/mol. The molecule has 0 spiro atoms. The maximum absolute atomic E-state index is 12.8. The molecule has 7 heteroatoms. The summed E-state index contributed by atoms with van der Waals surface area (Å²) in [5, 5.41) is 0. The Morgan fingerprint density at radius 2 is 1.77 bits per heavy atom. The summed E-state index contributed by atoms with van der Waals surface area (Å²) in [5.41, 5.74) is 0.812. The van der Waals surface area contributed by atoms with Crippen LogP contribution in [0.2, 0.25) is 0 Å². The molecule has 1 atom stereocenters. The molecule has 1 aromatic carbocycles. The van der Waals surface area contributed by atoms with Crippen molar-refractivity contribution < 1.29 is 14.4 Å². The fourth-order valence-corrected chi connectivity index (χ4v) is 3.92. The average Bonchev–Trinajstić information content (AvgIpc) is 3.02. The molecule has 0 bridgehead atoms. The van der Waals surface area contributed by atoms with Crippen molar-refractivity contribution in [3.63, 3.8) is 0 Å². The van der Waals surface area contributed by atoms with Crippen LogP contribution in [-0.2, 0) is 14.4 Å². The molecule has 0 aromatic heterocycles. The molecule has 0 radical (unpaired) electrons. The number of rotatable bonds is 3. The number of nitrogens with zero attached hydrogens (tertiary/aromatic N) is 3. The molecule has 2 saturated heterocycles. The smallest absolute Gasteiger partial charge is 0.228 e. The van der Waals surface area contributed by atoms with Gasteiger partial charge in [0.2, 0.25) is 17.7 Å². The molecule has 0 aliphatic carbocycles. The second kappa shape index (κ2) is 7.78. The lowest BCUT2D eigenvalue weighted by molar-refractivity contribution is -0.143. The molecule has 3 amide bonds. The maximum Gasteiger partial charge on any atom is 0.228 e. The lowest BCUT2D eigenvalue weighted by Crippen LogP contribution is -2.53. The number of carbonyl (C=O) groups excluding carboxylic acids is 3. The third-order valence-electron chi connectivity index (χ3n) is 4.99. The quantitative estimate of drug-likeness (QED) is 0.750. The van der Waals surface area contributed by atoms with Gasteiger partial charge in [-0.15, -0.1) is 0 Å². The van der Waals surface area contributed by atoms with Gasteiger partial charge in [0.25, 0.3) is 0 Å². The van der Waals surface area contributed by atoms with Crippen LogP contribution in [0.25, 0.3) is 0 Å². The summed E-state index contributed by atoms with van der Waals surface area (Å²) >= 11 is 3.42. The highest BCUT2D eigenvalue weighted by Gasteiger charge is 2.38. The molecule has 140 valence electrons. The van der Waals surface area contributed by atoms with Gasteiger partial charge in [0.1, 0.15) is 0 Å². The van der Waals surface area contributed by atoms with Crippen LogP contribution >= 0.6 is 15.9 Å². The summed E-state index contributed by atoms with van der Waals surface area (Å²) in [4.78, 5) is 42.6. The first kappa shape index (κ1) is 18.9. The van der Waals surface area contributed by atoms with Crippen LogP contribution in [0, 0.1) is 11.8 Å². The molecular formula is C19H24BrN3O3. The molecule has 2 fully saturated rings. The molecule has 2 aliphatic heterocycles. The van der Waals surface area contributed by atoms with Gasteiger partial charge in [0, 0.05) is 55.2 Å². The van der Waals surface area contributed by atoms with Crippen molar-refractivity contribution in [3.8, 4) is 0 Å². The highest BCUT2D eigenvalue weighted by atomic mass is 79.9. The summed E-state index contributed by atoms with van der Waals surface area (Å²) in [6.07, 6.45) is 0.247. The van der Waals surface area contributed by atoms with Gasteiger partial charge in [-0.3, -0.25) is 14.4 Å². The molecule has 2 heterocycles. The largest absolute Gasteiger partial charge is 0.339 e. The van der Waals surface area contributed by atoms with Crippen molar-refractivity contribution in [2.24, 2.45) is 11.8 Å². The summed E-state index contributed by atoms with van der Waals surface area (Å²) in [7, 11) is 0. The number of anilines is 1. The third kappa shape index (κ3) is 3.92. The Hall–Kier alpha value is -1.89. The molecule has 0 saturated carbocycles. The van der Waals surface area contributed by atoms with E-state index in [-0.39, 0.29) is 36.0 Å². The van der Waals surface area contributed by atoms with E-state index >= 15 is 0 Å². The fraction of sp³-hybridized carbons (Fsp3) is 0.526. The zero-order chi connectivity index (χ0) is 18.8. The van der Waals surface area contributed by atoms with Crippen LogP contribution in [-0.4, -0.2) is 60.2 Å². The van der Waals surface area contributed by atoms with Gasteiger partial charge in [0.15, 0.2) is 0 Å². The lowest BCUT2D eigenvalue weighted by Gasteiger charge is -2.36. The number of carbonyl (C=O) groups is 3. The second-order valence-electron chi connectivity index (χ2n) is 7.19. The summed E-state index contributed by atoms with van der Waals surface area (Å²) < 4.78 is 0.906. The monoisotopic (exact) mass is 421 g/mol. The standard InChI is InChI=1S/C19H24BrN3O3/c1-13(2)18(25)21-6-8-22(9-7-21)19(26)14-10-17(24)23(12-14)16-5-3-4-15(20)11-16/h3-5,11,13-14H,6-10,12H2,1-2H3/t14-/m0/s1. The minimum Gasteiger partial charge on any atom is -0.339 e. The zero-order valence-electron chi connectivity index (χ0n) is 15.2. The van der Waals surface area contributed by atoms with E-state index in [0.29, 0.717) is 32.7 Å². The Labute approximate surface area is 162 Å². The molecule has 26 heavy (non-hydrogen) atoms. The first-order valence-electron chi connectivity index (χ1n) is 9.00. The number of amides is 3. The molecule has 6 nitrogen and oxygen atoms in total. The summed E-state index contributed by atoms with van der Waals surface area (Å²) in [5.74, 6) is -0.200. The Morgan fingerprint density at radius 1 is 1.12 bits per heavy atom. The van der Waals surface area contributed by atoms with Gasteiger partial charge in [-0.1, -0.05) is 35.8 Å². The van der Waals surface area contributed by atoms with Gasteiger partial charge in [-0.2, -0.15) is 0 Å². The van der Waals surface area contributed by atoms with Gasteiger partial charge in [-0.05, 0) is 18.2 Å². The van der Waals surface area contributed by atoms with Crippen molar-refractivity contribution >= 4 is 39.3 Å². The third-order valence-corrected chi connectivity index (χ3v) is 5.48. The van der Waals surface area contributed by atoms with Gasteiger partial charge < -0.3 is 14.7 Å². The molecule has 1 aromatic rings. The van der Waals surface area contributed by atoms with Crippen molar-refractivity contribution in [2.75, 3.05) is 37.6 Å². The summed E-state index contributed by atoms with van der Waals surface area (Å²) in [6, 6.07) is 7.56. The Morgan fingerprint density at radius 3 is 2.38 bits per heavy atom. The Kier molecular flexibility index (Phi) is 5.65. The van der Waals surface area contributed by atoms with E-state index in [9.17, 15) is 14.4 Å². The molecule has 0 N–H and O–H groups in total. The topological polar surface area (TPSA) is 60.9 Å². The number of piperazine rings is 1. The van der Waals surface area contributed by atoms with E-state index in [2.05, 4.69) is 15.9 Å². The number of hydrogen-bond donors (Lipinski definition) is 0. The van der Waals surface area contributed by atoms with Crippen LogP contribution in [0.3, 0.4) is 0 Å². The van der Waals surface area contributed by atoms with E-state index in [1.165, 1.54) is 0 Å². The first-order chi connectivity index (χ1) is 12.4. The SMILES string of the molecule is CC(C)C(=O)N1CCN(C(=O)[C@H]2CC(=O)N(c3cccc(Br)c3)C2)CC1. The number of hydrogen-bond acceptors (Lipinski definition) is 3. The first-order valence-corrected chi connectivity index (χ1v) is 9.79. The van der Waals surface area contributed by atoms with Crippen LogP contribution in [0.4, 0.5) is 5.69 Å². The van der Waals surface area contributed by atoms with E-state index in [0.717, 1.165) is 10.2 Å². The van der Waals surface area contributed by atoms with Gasteiger partial charge in [0.05, 0.1) is 5.92 Å². The molecule has 3 rings (SSSR count). The van der Waals surface area contributed by atoms with E-state index in [1.54, 1.807) is 9.80 Å². The number of benzene rings is 1. The van der Waals surface area contributed by atoms with E-state index in [4.69, 9.17) is 0 Å². The van der Waals surface area contributed by atoms with E-state index < -0.39 is 0 Å². The lowest BCUT2D eigenvalue weighted by atomic mass is 10.1. The average molecular weight is 422 g/mol. The minimum atomic E-state index is -0.311. The van der Waals surface area contributed by atoms with Crippen molar-refractivity contribution in [3.05, 3.63) is 28.7 Å². The van der Waals surface area contributed by atoms with Crippen molar-refractivity contribution in [2.45, 2.75) is 20.3 Å². The highest BCUT2D eigenvalue weighted by molar-refractivity contribution is 9.10. The van der Waals surface area contributed by atoms with Crippen molar-refractivity contribution in [1.29, 1.82) is 0 Å². The molecule has 2 aliphatic rings. The summed E-state index contributed by atoms with van der Waals surface area (Å²) in [6.45, 7) is 6.41. The highest BCUT2D eigenvalue weighted by Crippen LogP contribution is 2.28. The predicted octanol–water partition coefficient (Wildman–Crippen LogP) is 2.13.